The fourth-order valence-electron chi connectivity index (χ4n) is 1.38. The summed E-state index contributed by atoms with van der Waals surface area (Å²) in [6.45, 7) is 7.99. The summed E-state index contributed by atoms with van der Waals surface area (Å²) in [5.41, 5.74) is 3.77. The zero-order chi connectivity index (χ0) is 12.3. The molecule has 0 heterocycles. The molecule has 0 fully saturated rings. The van der Waals surface area contributed by atoms with Gasteiger partial charge in [0.15, 0.2) is 0 Å². The van der Waals surface area contributed by atoms with Crippen LogP contribution in [-0.2, 0) is 4.79 Å². The van der Waals surface area contributed by atoms with E-state index in [-0.39, 0.29) is 5.92 Å². The number of thioether (sulfide) groups is 1. The van der Waals surface area contributed by atoms with Crippen LogP contribution in [0, 0.1) is 26.7 Å². The Kier molecular flexibility index (Phi) is 4.42. The topological polar surface area (TPSA) is 37.3 Å². The van der Waals surface area contributed by atoms with Gasteiger partial charge in [-0.3, -0.25) is 4.79 Å². The van der Waals surface area contributed by atoms with Crippen molar-refractivity contribution in [3.05, 3.63) is 28.8 Å². The molecule has 1 unspecified atom stereocenters. The largest absolute Gasteiger partial charge is 0.481 e. The van der Waals surface area contributed by atoms with E-state index in [0.29, 0.717) is 5.75 Å². The van der Waals surface area contributed by atoms with E-state index in [1.807, 2.05) is 0 Å². The summed E-state index contributed by atoms with van der Waals surface area (Å²) in [5, 5.41) is 8.81. The third kappa shape index (κ3) is 3.27. The highest BCUT2D eigenvalue weighted by atomic mass is 32.2. The summed E-state index contributed by atoms with van der Waals surface area (Å²) in [7, 11) is 0. The van der Waals surface area contributed by atoms with E-state index >= 15 is 0 Å². The number of benzene rings is 1. The fraction of sp³-hybridized carbons (Fsp3) is 0.462. The fourth-order valence-corrected chi connectivity index (χ4v) is 2.49. The van der Waals surface area contributed by atoms with E-state index in [4.69, 9.17) is 5.11 Å². The van der Waals surface area contributed by atoms with Crippen molar-refractivity contribution in [3.63, 3.8) is 0 Å². The van der Waals surface area contributed by atoms with Gasteiger partial charge < -0.3 is 5.11 Å². The van der Waals surface area contributed by atoms with Crippen molar-refractivity contribution in [2.24, 2.45) is 5.92 Å². The van der Waals surface area contributed by atoms with Gasteiger partial charge in [0.25, 0.3) is 0 Å². The third-order valence-electron chi connectivity index (χ3n) is 2.70. The first kappa shape index (κ1) is 13.1. The highest BCUT2D eigenvalue weighted by Crippen LogP contribution is 2.27. The zero-order valence-corrected chi connectivity index (χ0v) is 11.0. The van der Waals surface area contributed by atoms with Gasteiger partial charge in [-0.25, -0.2) is 0 Å². The summed E-state index contributed by atoms with van der Waals surface area (Å²) in [5.74, 6) is -0.404. The molecule has 1 aromatic rings. The van der Waals surface area contributed by atoms with Crippen LogP contribution in [0.25, 0.3) is 0 Å². The van der Waals surface area contributed by atoms with Crippen LogP contribution in [0.1, 0.15) is 23.6 Å². The van der Waals surface area contributed by atoms with Crippen LogP contribution in [0.3, 0.4) is 0 Å². The summed E-state index contributed by atoms with van der Waals surface area (Å²) >= 11 is 1.63. The molecule has 88 valence electrons. The summed E-state index contributed by atoms with van der Waals surface area (Å²) in [6.07, 6.45) is 0. The molecular weight excluding hydrogens is 220 g/mol. The summed E-state index contributed by atoms with van der Waals surface area (Å²) in [6, 6.07) is 4.30. The number of carbonyl (C=O) groups is 1. The lowest BCUT2D eigenvalue weighted by atomic mass is 10.1. The quantitative estimate of drug-likeness (QED) is 0.817. The van der Waals surface area contributed by atoms with Crippen molar-refractivity contribution in [2.45, 2.75) is 32.6 Å². The Bertz CT molecular complexity index is 399. The summed E-state index contributed by atoms with van der Waals surface area (Å²) in [4.78, 5) is 11.9. The van der Waals surface area contributed by atoms with Crippen molar-refractivity contribution < 1.29 is 9.90 Å². The van der Waals surface area contributed by atoms with Crippen molar-refractivity contribution in [2.75, 3.05) is 5.75 Å². The molecule has 1 rings (SSSR count). The second-order valence-electron chi connectivity index (χ2n) is 4.25. The number of rotatable bonds is 4. The van der Waals surface area contributed by atoms with Crippen molar-refractivity contribution in [1.82, 2.24) is 0 Å². The molecule has 0 aliphatic carbocycles. The van der Waals surface area contributed by atoms with E-state index in [9.17, 15) is 4.79 Å². The molecular formula is C13H18O2S. The standard InChI is InChI=1S/C13H18O2S/c1-8-5-10(3)12(6-9(8)2)16-7-11(4)13(14)15/h5-6,11H,7H2,1-4H3,(H,14,15). The third-order valence-corrected chi connectivity index (χ3v) is 4.12. The van der Waals surface area contributed by atoms with Gasteiger partial charge in [0.05, 0.1) is 5.92 Å². The molecule has 0 aliphatic heterocycles. The van der Waals surface area contributed by atoms with Gasteiger partial charge in [-0.15, -0.1) is 11.8 Å². The second kappa shape index (κ2) is 5.39. The van der Waals surface area contributed by atoms with Crippen LogP contribution in [0.2, 0.25) is 0 Å². The molecule has 1 aromatic carbocycles. The minimum Gasteiger partial charge on any atom is -0.481 e. The summed E-state index contributed by atoms with van der Waals surface area (Å²) < 4.78 is 0. The maximum atomic E-state index is 10.7. The first-order valence-electron chi connectivity index (χ1n) is 5.35. The van der Waals surface area contributed by atoms with Crippen LogP contribution < -0.4 is 0 Å². The first-order valence-corrected chi connectivity index (χ1v) is 6.34. The Morgan fingerprint density at radius 1 is 1.25 bits per heavy atom. The van der Waals surface area contributed by atoms with Crippen molar-refractivity contribution >= 4 is 17.7 Å². The molecule has 1 atom stereocenters. The molecule has 16 heavy (non-hydrogen) atoms. The minimum absolute atomic E-state index is 0.300. The van der Waals surface area contributed by atoms with E-state index < -0.39 is 5.97 Å². The van der Waals surface area contributed by atoms with Gasteiger partial charge in [-0.2, -0.15) is 0 Å². The van der Waals surface area contributed by atoms with Crippen molar-refractivity contribution in [1.29, 1.82) is 0 Å². The molecule has 3 heteroatoms. The second-order valence-corrected chi connectivity index (χ2v) is 5.31. The smallest absolute Gasteiger partial charge is 0.307 e. The Hall–Kier alpha value is -0.960. The molecule has 2 nitrogen and oxygen atoms in total. The Morgan fingerprint density at radius 2 is 1.81 bits per heavy atom. The Labute approximate surface area is 101 Å². The van der Waals surface area contributed by atoms with E-state index in [2.05, 4.69) is 32.9 Å². The SMILES string of the molecule is Cc1cc(C)c(SCC(C)C(=O)O)cc1C. The van der Waals surface area contributed by atoms with E-state index in [1.54, 1.807) is 18.7 Å². The maximum Gasteiger partial charge on any atom is 0.307 e. The van der Waals surface area contributed by atoms with E-state index in [0.717, 1.165) is 0 Å². The van der Waals surface area contributed by atoms with Crippen LogP contribution in [0.5, 0.6) is 0 Å². The highest BCUT2D eigenvalue weighted by Gasteiger charge is 2.12. The average molecular weight is 238 g/mol. The molecule has 1 N–H and O–H groups in total. The van der Waals surface area contributed by atoms with Gasteiger partial charge >= 0.3 is 5.97 Å². The molecule has 0 aliphatic rings. The van der Waals surface area contributed by atoms with Gasteiger partial charge in [-0.05, 0) is 43.5 Å². The average Bonchev–Trinajstić information content (AvgIpc) is 2.20. The van der Waals surface area contributed by atoms with Gasteiger partial charge in [0.2, 0.25) is 0 Å². The van der Waals surface area contributed by atoms with Gasteiger partial charge in [-0.1, -0.05) is 13.0 Å². The molecule has 0 saturated heterocycles. The Balaban J connectivity index is 2.74. The minimum atomic E-state index is -0.728. The molecule has 0 bridgehead atoms. The molecule has 0 amide bonds. The lowest BCUT2D eigenvalue weighted by Gasteiger charge is -2.11. The first-order chi connectivity index (χ1) is 7.41. The lowest BCUT2D eigenvalue weighted by Crippen LogP contribution is -2.11. The van der Waals surface area contributed by atoms with Crippen LogP contribution in [0.15, 0.2) is 17.0 Å². The van der Waals surface area contributed by atoms with Crippen LogP contribution in [0.4, 0.5) is 0 Å². The number of carboxylic acid groups (broad SMARTS) is 1. The molecule has 0 saturated carbocycles. The molecule has 0 spiro atoms. The lowest BCUT2D eigenvalue weighted by molar-refractivity contribution is -0.140. The van der Waals surface area contributed by atoms with E-state index in [1.165, 1.54) is 21.6 Å². The monoisotopic (exact) mass is 238 g/mol. The molecule has 0 aromatic heterocycles. The predicted octanol–water partition coefficient (Wildman–Crippen LogP) is 3.42. The number of aryl methyl sites for hydroxylation is 3. The zero-order valence-electron chi connectivity index (χ0n) is 10.2. The predicted molar refractivity (Wildman–Crippen MR) is 68.2 cm³/mol. The number of aliphatic carboxylic acids is 1. The maximum absolute atomic E-state index is 10.7. The number of carboxylic acids is 1. The van der Waals surface area contributed by atoms with Crippen LogP contribution in [-0.4, -0.2) is 16.8 Å². The van der Waals surface area contributed by atoms with Crippen molar-refractivity contribution in [3.8, 4) is 0 Å². The Morgan fingerprint density at radius 3 is 2.38 bits per heavy atom. The molecule has 0 radical (unpaired) electrons. The van der Waals surface area contributed by atoms with Crippen LogP contribution >= 0.6 is 11.8 Å². The van der Waals surface area contributed by atoms with Gasteiger partial charge in [0, 0.05) is 10.6 Å². The number of hydrogen-bond donors (Lipinski definition) is 1. The normalized spacial score (nSPS) is 12.5. The van der Waals surface area contributed by atoms with Gasteiger partial charge in [0.1, 0.15) is 0 Å². The highest BCUT2D eigenvalue weighted by molar-refractivity contribution is 7.99. The number of hydrogen-bond acceptors (Lipinski definition) is 2.